The topological polar surface area (TPSA) is 131 Å². The Morgan fingerprint density at radius 3 is 2.31 bits per heavy atom. The van der Waals surface area contributed by atoms with Crippen molar-refractivity contribution >= 4 is 40.5 Å². The molecule has 0 aliphatic carbocycles. The molecule has 2 rings (SSSR count). The molecule has 0 aliphatic rings. The zero-order chi connectivity index (χ0) is 21.6. The van der Waals surface area contributed by atoms with Gasteiger partial charge in [0.2, 0.25) is 5.91 Å². The van der Waals surface area contributed by atoms with Gasteiger partial charge in [0.1, 0.15) is 0 Å². The third-order valence-electron chi connectivity index (χ3n) is 3.69. The fourth-order valence-corrected chi connectivity index (χ4v) is 2.47. The highest BCUT2D eigenvalue weighted by molar-refractivity contribution is 5.99. The number of hydrogen-bond donors (Lipinski definition) is 2. The molecule has 10 nitrogen and oxygen atoms in total. The van der Waals surface area contributed by atoms with Gasteiger partial charge in [-0.25, -0.2) is 4.79 Å². The van der Waals surface area contributed by atoms with Crippen molar-refractivity contribution < 1.29 is 24.0 Å². The van der Waals surface area contributed by atoms with Crippen LogP contribution in [0.3, 0.4) is 0 Å². The van der Waals surface area contributed by atoms with Crippen LogP contribution in [0.25, 0.3) is 0 Å². The highest BCUT2D eigenvalue weighted by atomic mass is 16.6. The number of amides is 2. The molecule has 0 fully saturated rings. The first-order chi connectivity index (χ1) is 13.7. The van der Waals surface area contributed by atoms with Gasteiger partial charge in [0.25, 0.3) is 11.6 Å². The third kappa shape index (κ3) is 6.03. The zero-order valence-corrected chi connectivity index (χ0v) is 16.1. The van der Waals surface area contributed by atoms with E-state index in [-0.39, 0.29) is 17.2 Å². The summed E-state index contributed by atoms with van der Waals surface area (Å²) in [6.45, 7) is 0.777. The summed E-state index contributed by atoms with van der Waals surface area (Å²) in [6.07, 6.45) is 0. The van der Waals surface area contributed by atoms with Gasteiger partial charge in [-0.05, 0) is 24.3 Å². The summed E-state index contributed by atoms with van der Waals surface area (Å²) in [5.74, 6) is -1.72. The Morgan fingerprint density at radius 2 is 1.72 bits per heavy atom. The van der Waals surface area contributed by atoms with Gasteiger partial charge in [0, 0.05) is 44.5 Å². The number of ether oxygens (including phenoxy) is 1. The second-order valence-electron chi connectivity index (χ2n) is 6.24. The van der Waals surface area contributed by atoms with Gasteiger partial charge < -0.3 is 20.3 Å². The summed E-state index contributed by atoms with van der Waals surface area (Å²) in [5.41, 5.74) is 1.04. The lowest BCUT2D eigenvalue weighted by Gasteiger charge is -2.16. The number of hydrogen-bond acceptors (Lipinski definition) is 7. The minimum Gasteiger partial charge on any atom is -0.452 e. The first-order valence-corrected chi connectivity index (χ1v) is 8.47. The molecule has 0 spiro atoms. The molecule has 0 saturated heterocycles. The molecule has 0 bridgehead atoms. The highest BCUT2D eigenvalue weighted by Gasteiger charge is 2.20. The fraction of sp³-hybridized carbons (Fsp3) is 0.211. The van der Waals surface area contributed by atoms with Crippen molar-refractivity contribution in [2.75, 3.05) is 36.2 Å². The number of non-ortho nitro benzene ring substituents is 1. The SMILES string of the molecule is CC(=O)Nc1cccc(NC(=O)COC(=O)c2cc([N+](=O)[O-])ccc2N(C)C)c1. The second kappa shape index (κ2) is 9.31. The molecule has 2 N–H and O–H groups in total. The van der Waals surface area contributed by atoms with Gasteiger partial charge in [-0.15, -0.1) is 0 Å². The summed E-state index contributed by atoms with van der Waals surface area (Å²) < 4.78 is 5.01. The Kier molecular flexibility index (Phi) is 6.85. The Balaban J connectivity index is 2.05. The minimum atomic E-state index is -0.862. The number of esters is 1. The van der Waals surface area contributed by atoms with Crippen LogP contribution in [0, 0.1) is 10.1 Å². The van der Waals surface area contributed by atoms with Gasteiger partial charge in [-0.3, -0.25) is 19.7 Å². The van der Waals surface area contributed by atoms with E-state index in [1.165, 1.54) is 19.1 Å². The predicted octanol–water partition coefficient (Wildman–Crippen LogP) is 2.41. The van der Waals surface area contributed by atoms with Crippen LogP contribution in [0.2, 0.25) is 0 Å². The summed E-state index contributed by atoms with van der Waals surface area (Å²) >= 11 is 0. The largest absolute Gasteiger partial charge is 0.452 e. The van der Waals surface area contributed by atoms with Gasteiger partial charge in [0.15, 0.2) is 6.61 Å². The highest BCUT2D eigenvalue weighted by Crippen LogP contribution is 2.25. The molecule has 10 heteroatoms. The molecule has 2 aromatic carbocycles. The molecule has 0 aliphatic heterocycles. The van der Waals surface area contributed by atoms with Crippen molar-refractivity contribution in [2.45, 2.75) is 6.92 Å². The zero-order valence-electron chi connectivity index (χ0n) is 16.1. The number of nitro benzene ring substituents is 1. The Bertz CT molecular complexity index is 957. The molecule has 152 valence electrons. The van der Waals surface area contributed by atoms with Crippen molar-refractivity contribution in [3.8, 4) is 0 Å². The number of nitro groups is 1. The molecule has 0 aromatic heterocycles. The molecule has 0 atom stereocenters. The smallest absolute Gasteiger partial charge is 0.341 e. The summed E-state index contributed by atoms with van der Waals surface area (Å²) in [5, 5.41) is 16.1. The van der Waals surface area contributed by atoms with E-state index in [0.29, 0.717) is 17.1 Å². The maximum Gasteiger partial charge on any atom is 0.341 e. The Hall–Kier alpha value is -3.95. The Labute approximate surface area is 166 Å². The van der Waals surface area contributed by atoms with E-state index < -0.39 is 23.4 Å². The molecule has 0 saturated carbocycles. The number of carbonyl (C=O) groups excluding carboxylic acids is 3. The maximum atomic E-state index is 12.4. The van der Waals surface area contributed by atoms with Crippen LogP contribution in [-0.2, 0) is 14.3 Å². The number of nitrogens with zero attached hydrogens (tertiary/aromatic N) is 2. The minimum absolute atomic E-state index is 0.0235. The number of anilines is 3. The van der Waals surface area contributed by atoms with E-state index in [1.54, 1.807) is 43.3 Å². The average Bonchev–Trinajstić information content (AvgIpc) is 2.65. The van der Waals surface area contributed by atoms with E-state index in [9.17, 15) is 24.5 Å². The molecule has 2 amide bonds. The number of carbonyl (C=O) groups is 3. The second-order valence-corrected chi connectivity index (χ2v) is 6.24. The lowest BCUT2D eigenvalue weighted by Crippen LogP contribution is -2.22. The van der Waals surface area contributed by atoms with Crippen LogP contribution in [0.15, 0.2) is 42.5 Å². The first kappa shape index (κ1) is 21.4. The van der Waals surface area contributed by atoms with Crippen LogP contribution in [-0.4, -0.2) is 43.4 Å². The molecular formula is C19H20N4O6. The molecule has 0 radical (unpaired) electrons. The lowest BCUT2D eigenvalue weighted by atomic mass is 10.1. The van der Waals surface area contributed by atoms with E-state index in [0.717, 1.165) is 6.07 Å². The van der Waals surface area contributed by atoms with Gasteiger partial charge in [-0.2, -0.15) is 0 Å². The van der Waals surface area contributed by atoms with Crippen molar-refractivity contribution in [2.24, 2.45) is 0 Å². The summed E-state index contributed by atoms with van der Waals surface area (Å²) in [6, 6.07) is 10.3. The normalized spacial score (nSPS) is 10.0. The molecule has 29 heavy (non-hydrogen) atoms. The van der Waals surface area contributed by atoms with Crippen molar-refractivity contribution in [1.29, 1.82) is 0 Å². The lowest BCUT2D eigenvalue weighted by molar-refractivity contribution is -0.384. The quantitative estimate of drug-likeness (QED) is 0.414. The van der Waals surface area contributed by atoms with Crippen molar-refractivity contribution in [1.82, 2.24) is 0 Å². The average molecular weight is 400 g/mol. The van der Waals surface area contributed by atoms with Crippen LogP contribution in [0.5, 0.6) is 0 Å². The van der Waals surface area contributed by atoms with Crippen molar-refractivity contribution in [3.05, 3.63) is 58.1 Å². The van der Waals surface area contributed by atoms with Crippen LogP contribution in [0.4, 0.5) is 22.7 Å². The number of rotatable bonds is 7. The first-order valence-electron chi connectivity index (χ1n) is 8.47. The standard InChI is InChI=1S/C19H20N4O6/c1-12(24)20-13-5-4-6-14(9-13)21-18(25)11-29-19(26)16-10-15(23(27)28)7-8-17(16)22(2)3/h4-10H,11H2,1-3H3,(H,20,24)(H,21,25). The fourth-order valence-electron chi connectivity index (χ4n) is 2.47. The van der Waals surface area contributed by atoms with Gasteiger partial charge >= 0.3 is 5.97 Å². The summed E-state index contributed by atoms with van der Waals surface area (Å²) in [7, 11) is 3.35. The number of benzene rings is 2. The van der Waals surface area contributed by atoms with E-state index >= 15 is 0 Å². The molecule has 2 aromatic rings. The van der Waals surface area contributed by atoms with Crippen LogP contribution >= 0.6 is 0 Å². The third-order valence-corrected chi connectivity index (χ3v) is 3.69. The van der Waals surface area contributed by atoms with E-state index in [2.05, 4.69) is 10.6 Å². The maximum absolute atomic E-state index is 12.4. The monoisotopic (exact) mass is 400 g/mol. The Morgan fingerprint density at radius 1 is 1.07 bits per heavy atom. The van der Waals surface area contributed by atoms with Crippen LogP contribution in [0.1, 0.15) is 17.3 Å². The van der Waals surface area contributed by atoms with Gasteiger partial charge in [0.05, 0.1) is 16.2 Å². The summed E-state index contributed by atoms with van der Waals surface area (Å²) in [4.78, 5) is 47.5. The molecular weight excluding hydrogens is 380 g/mol. The van der Waals surface area contributed by atoms with E-state index in [1.807, 2.05) is 0 Å². The van der Waals surface area contributed by atoms with Crippen molar-refractivity contribution in [3.63, 3.8) is 0 Å². The van der Waals surface area contributed by atoms with Crippen LogP contribution < -0.4 is 15.5 Å². The van der Waals surface area contributed by atoms with E-state index in [4.69, 9.17) is 4.74 Å². The van der Waals surface area contributed by atoms with Gasteiger partial charge in [-0.1, -0.05) is 6.07 Å². The molecule has 0 heterocycles. The predicted molar refractivity (Wildman–Crippen MR) is 107 cm³/mol. The molecule has 0 unspecified atom stereocenters. The number of nitrogens with one attached hydrogen (secondary N) is 2.